The van der Waals surface area contributed by atoms with Crippen molar-refractivity contribution in [1.29, 1.82) is 0 Å². The summed E-state index contributed by atoms with van der Waals surface area (Å²) in [6, 6.07) is 0.461. The number of morpholine rings is 1. The topological polar surface area (TPSA) is 66.2 Å². The summed E-state index contributed by atoms with van der Waals surface area (Å²) in [5, 5.41) is 8.56. The molecule has 1 fully saturated rings. The lowest BCUT2D eigenvalue weighted by Gasteiger charge is -2.23. The third-order valence-corrected chi connectivity index (χ3v) is 3.27. The normalized spacial score (nSPS) is 21.1. The second-order valence-electron chi connectivity index (χ2n) is 3.86. The minimum absolute atomic E-state index is 0.0131. The van der Waals surface area contributed by atoms with Gasteiger partial charge in [0.2, 0.25) is 0 Å². The zero-order chi connectivity index (χ0) is 11.2. The van der Waals surface area contributed by atoms with E-state index in [9.17, 15) is 4.79 Å². The fraction of sp³-hybridized carbons (Fsp3) is 0.700. The van der Waals surface area contributed by atoms with Crippen molar-refractivity contribution in [3.05, 3.63) is 20.7 Å². The molecule has 5 nitrogen and oxygen atoms in total. The SMILES string of the molecule is O=c1[nH]c(CNCCC2COCCN2)cs1. The Morgan fingerprint density at radius 2 is 2.56 bits per heavy atom. The van der Waals surface area contributed by atoms with E-state index in [1.807, 2.05) is 5.38 Å². The molecule has 0 aliphatic carbocycles. The smallest absolute Gasteiger partial charge is 0.304 e. The molecule has 0 spiro atoms. The van der Waals surface area contributed by atoms with Crippen LogP contribution >= 0.6 is 11.3 Å². The summed E-state index contributed by atoms with van der Waals surface area (Å²) in [6.07, 6.45) is 1.05. The molecule has 0 amide bonds. The lowest BCUT2D eigenvalue weighted by Crippen LogP contribution is -2.42. The van der Waals surface area contributed by atoms with Crippen LogP contribution < -0.4 is 15.5 Å². The summed E-state index contributed by atoms with van der Waals surface area (Å²) < 4.78 is 5.36. The lowest BCUT2D eigenvalue weighted by molar-refractivity contribution is 0.0742. The molecule has 90 valence electrons. The van der Waals surface area contributed by atoms with Gasteiger partial charge in [0, 0.05) is 30.2 Å². The number of hydrogen-bond donors (Lipinski definition) is 3. The fourth-order valence-electron chi connectivity index (χ4n) is 1.71. The average Bonchev–Trinajstić information content (AvgIpc) is 2.72. The third-order valence-electron chi connectivity index (χ3n) is 2.55. The molecule has 1 atom stereocenters. The van der Waals surface area contributed by atoms with Crippen LogP contribution in [0.25, 0.3) is 0 Å². The average molecular weight is 243 g/mol. The molecule has 16 heavy (non-hydrogen) atoms. The van der Waals surface area contributed by atoms with Gasteiger partial charge in [-0.25, -0.2) is 0 Å². The fourth-order valence-corrected chi connectivity index (χ4v) is 2.29. The summed E-state index contributed by atoms with van der Waals surface area (Å²) in [6.45, 7) is 4.23. The first-order valence-corrected chi connectivity index (χ1v) is 6.41. The molecule has 1 aliphatic heterocycles. The molecule has 0 radical (unpaired) electrons. The van der Waals surface area contributed by atoms with Gasteiger partial charge in [0.1, 0.15) is 0 Å². The van der Waals surface area contributed by atoms with Gasteiger partial charge in [0.25, 0.3) is 0 Å². The molecule has 1 aromatic heterocycles. The van der Waals surface area contributed by atoms with E-state index in [4.69, 9.17) is 4.74 Å². The number of rotatable bonds is 5. The molecule has 1 aliphatic rings. The molecule has 2 rings (SSSR count). The molecule has 0 saturated carbocycles. The van der Waals surface area contributed by atoms with E-state index in [-0.39, 0.29) is 4.87 Å². The Bertz CT molecular complexity index is 357. The van der Waals surface area contributed by atoms with Gasteiger partial charge in [-0.2, -0.15) is 0 Å². The van der Waals surface area contributed by atoms with Gasteiger partial charge in [-0.1, -0.05) is 11.3 Å². The summed E-state index contributed by atoms with van der Waals surface area (Å²) in [4.78, 5) is 13.7. The predicted molar refractivity (Wildman–Crippen MR) is 63.9 cm³/mol. The van der Waals surface area contributed by atoms with E-state index < -0.39 is 0 Å². The number of nitrogens with one attached hydrogen (secondary N) is 3. The van der Waals surface area contributed by atoms with E-state index in [1.54, 1.807) is 0 Å². The Morgan fingerprint density at radius 3 is 3.25 bits per heavy atom. The molecular weight excluding hydrogens is 226 g/mol. The van der Waals surface area contributed by atoms with E-state index in [0.717, 1.165) is 45.0 Å². The van der Waals surface area contributed by atoms with Gasteiger partial charge in [-0.3, -0.25) is 4.79 Å². The first-order valence-electron chi connectivity index (χ1n) is 5.53. The Balaban J connectivity index is 1.59. The van der Waals surface area contributed by atoms with Crippen LogP contribution in [0.3, 0.4) is 0 Å². The highest BCUT2D eigenvalue weighted by Gasteiger charge is 2.11. The van der Waals surface area contributed by atoms with Crippen molar-refractivity contribution in [3.63, 3.8) is 0 Å². The second kappa shape index (κ2) is 6.15. The van der Waals surface area contributed by atoms with E-state index >= 15 is 0 Å². The standard InChI is InChI=1S/C10H17N3O2S/c14-10-13-9(7-16-10)5-11-2-1-8-6-15-4-3-12-8/h7-8,11-12H,1-6H2,(H,13,14). The Labute approximate surface area is 98.2 Å². The van der Waals surface area contributed by atoms with Gasteiger partial charge in [-0.15, -0.1) is 0 Å². The van der Waals surface area contributed by atoms with Crippen molar-refractivity contribution in [2.45, 2.75) is 19.0 Å². The van der Waals surface area contributed by atoms with Crippen LogP contribution in [0.2, 0.25) is 0 Å². The number of aromatic amines is 1. The molecule has 6 heteroatoms. The van der Waals surface area contributed by atoms with Gasteiger partial charge >= 0.3 is 4.87 Å². The van der Waals surface area contributed by atoms with Crippen LogP contribution in [0, 0.1) is 0 Å². The van der Waals surface area contributed by atoms with Crippen molar-refractivity contribution < 1.29 is 4.74 Å². The highest BCUT2D eigenvalue weighted by molar-refractivity contribution is 7.07. The number of ether oxygens (including phenoxy) is 1. The van der Waals surface area contributed by atoms with Gasteiger partial charge < -0.3 is 20.4 Å². The maximum absolute atomic E-state index is 10.9. The second-order valence-corrected chi connectivity index (χ2v) is 4.71. The molecule has 2 heterocycles. The van der Waals surface area contributed by atoms with Crippen molar-refractivity contribution in [1.82, 2.24) is 15.6 Å². The zero-order valence-corrected chi connectivity index (χ0v) is 9.94. The zero-order valence-electron chi connectivity index (χ0n) is 9.12. The predicted octanol–water partition coefficient (Wildman–Crippen LogP) is -0.0955. The lowest BCUT2D eigenvalue weighted by atomic mass is 10.2. The van der Waals surface area contributed by atoms with E-state index in [1.165, 1.54) is 11.3 Å². The Hall–Kier alpha value is -0.690. The van der Waals surface area contributed by atoms with E-state index in [0.29, 0.717) is 6.04 Å². The first kappa shape index (κ1) is 11.8. The van der Waals surface area contributed by atoms with Gasteiger partial charge in [0.05, 0.1) is 13.2 Å². The molecule has 3 N–H and O–H groups in total. The van der Waals surface area contributed by atoms with Crippen LogP contribution in [-0.4, -0.2) is 37.3 Å². The van der Waals surface area contributed by atoms with Gasteiger partial charge in [0.15, 0.2) is 0 Å². The highest BCUT2D eigenvalue weighted by atomic mass is 32.1. The largest absolute Gasteiger partial charge is 0.379 e. The van der Waals surface area contributed by atoms with Crippen molar-refractivity contribution in [3.8, 4) is 0 Å². The highest BCUT2D eigenvalue weighted by Crippen LogP contribution is 1.98. The van der Waals surface area contributed by atoms with Crippen LogP contribution in [-0.2, 0) is 11.3 Å². The molecular formula is C10H17N3O2S. The van der Waals surface area contributed by atoms with Crippen LogP contribution in [0.5, 0.6) is 0 Å². The van der Waals surface area contributed by atoms with Gasteiger partial charge in [-0.05, 0) is 13.0 Å². The van der Waals surface area contributed by atoms with Crippen molar-refractivity contribution in [2.75, 3.05) is 26.3 Å². The monoisotopic (exact) mass is 243 g/mol. The first-order chi connectivity index (χ1) is 7.84. The minimum Gasteiger partial charge on any atom is -0.379 e. The molecule has 1 unspecified atom stereocenters. The van der Waals surface area contributed by atoms with Crippen molar-refractivity contribution in [2.24, 2.45) is 0 Å². The maximum atomic E-state index is 10.9. The molecule has 1 aromatic rings. The maximum Gasteiger partial charge on any atom is 0.304 e. The Kier molecular flexibility index (Phi) is 4.53. The number of thiazole rings is 1. The molecule has 1 saturated heterocycles. The van der Waals surface area contributed by atoms with E-state index in [2.05, 4.69) is 15.6 Å². The molecule has 0 bridgehead atoms. The van der Waals surface area contributed by atoms with Crippen LogP contribution in [0.1, 0.15) is 12.1 Å². The summed E-state index contributed by atoms with van der Waals surface area (Å²) in [7, 11) is 0. The summed E-state index contributed by atoms with van der Waals surface area (Å²) in [5.74, 6) is 0. The quantitative estimate of drug-likeness (QED) is 0.632. The van der Waals surface area contributed by atoms with Crippen LogP contribution in [0.15, 0.2) is 10.2 Å². The number of H-pyrrole nitrogens is 1. The number of hydrogen-bond acceptors (Lipinski definition) is 5. The third kappa shape index (κ3) is 3.71. The number of aromatic nitrogens is 1. The van der Waals surface area contributed by atoms with Crippen LogP contribution in [0.4, 0.5) is 0 Å². The summed E-state index contributed by atoms with van der Waals surface area (Å²) in [5.41, 5.74) is 0.961. The van der Waals surface area contributed by atoms with Crippen molar-refractivity contribution >= 4 is 11.3 Å². The summed E-state index contributed by atoms with van der Waals surface area (Å²) >= 11 is 1.21. The molecule has 0 aromatic carbocycles. The minimum atomic E-state index is 0.0131. The Morgan fingerprint density at radius 1 is 1.62 bits per heavy atom.